The standard InChI is InChI=1S/C12H26IN/c1-7-11(5,13)9-12(6,8-2)14-10(3)4/h10,14H,7-9H2,1-6H3. The molecule has 0 saturated carbocycles. The number of hydrogen-bond donors (Lipinski definition) is 1. The third-order valence-electron chi connectivity index (χ3n) is 2.91. The fourth-order valence-corrected chi connectivity index (χ4v) is 2.76. The molecule has 0 aromatic carbocycles. The molecule has 0 bridgehead atoms. The van der Waals surface area contributed by atoms with E-state index in [1.54, 1.807) is 0 Å². The van der Waals surface area contributed by atoms with Crippen molar-refractivity contribution in [2.24, 2.45) is 0 Å². The fourth-order valence-electron chi connectivity index (χ4n) is 1.91. The zero-order chi connectivity index (χ0) is 11.4. The van der Waals surface area contributed by atoms with Crippen molar-refractivity contribution in [3.63, 3.8) is 0 Å². The molecular formula is C12H26IN. The van der Waals surface area contributed by atoms with Gasteiger partial charge in [-0.1, -0.05) is 57.2 Å². The zero-order valence-electron chi connectivity index (χ0n) is 10.6. The van der Waals surface area contributed by atoms with Crippen LogP contribution >= 0.6 is 22.6 Å². The summed E-state index contributed by atoms with van der Waals surface area (Å²) in [6.45, 7) is 13.7. The molecule has 0 aliphatic carbocycles. The van der Waals surface area contributed by atoms with Gasteiger partial charge in [0, 0.05) is 15.0 Å². The third-order valence-corrected chi connectivity index (χ3v) is 4.06. The second-order valence-electron chi connectivity index (χ2n) is 5.16. The lowest BCUT2D eigenvalue weighted by Gasteiger charge is -2.38. The molecule has 0 saturated heterocycles. The molecule has 14 heavy (non-hydrogen) atoms. The van der Waals surface area contributed by atoms with Crippen LogP contribution in [-0.2, 0) is 0 Å². The first-order valence-corrected chi connectivity index (χ1v) is 6.79. The van der Waals surface area contributed by atoms with E-state index in [0.717, 1.165) is 0 Å². The second kappa shape index (κ2) is 5.69. The van der Waals surface area contributed by atoms with Gasteiger partial charge in [-0.15, -0.1) is 0 Å². The van der Waals surface area contributed by atoms with E-state index in [9.17, 15) is 0 Å². The highest BCUT2D eigenvalue weighted by molar-refractivity contribution is 14.1. The molecular weight excluding hydrogens is 285 g/mol. The van der Waals surface area contributed by atoms with Crippen LogP contribution < -0.4 is 5.32 Å². The highest BCUT2D eigenvalue weighted by Crippen LogP contribution is 2.33. The van der Waals surface area contributed by atoms with Gasteiger partial charge >= 0.3 is 0 Å². The first-order chi connectivity index (χ1) is 6.24. The molecule has 0 aromatic rings. The number of rotatable bonds is 6. The quantitative estimate of drug-likeness (QED) is 0.574. The molecule has 2 heteroatoms. The summed E-state index contributed by atoms with van der Waals surface area (Å²) in [4.78, 5) is 0. The van der Waals surface area contributed by atoms with Gasteiger partial charge in [-0.25, -0.2) is 0 Å². The van der Waals surface area contributed by atoms with Gasteiger partial charge in [0.25, 0.3) is 0 Å². The average molecular weight is 311 g/mol. The molecule has 1 nitrogen and oxygen atoms in total. The predicted molar refractivity (Wildman–Crippen MR) is 74.3 cm³/mol. The molecule has 0 radical (unpaired) electrons. The Hall–Kier alpha value is 0.690. The summed E-state index contributed by atoms with van der Waals surface area (Å²) in [5, 5.41) is 3.69. The summed E-state index contributed by atoms with van der Waals surface area (Å²) < 4.78 is 0.421. The lowest BCUT2D eigenvalue weighted by atomic mass is 9.86. The lowest BCUT2D eigenvalue weighted by Crippen LogP contribution is -2.49. The van der Waals surface area contributed by atoms with Crippen molar-refractivity contribution in [1.29, 1.82) is 0 Å². The Bertz CT molecular complexity index is 166. The number of nitrogens with one attached hydrogen (secondary N) is 1. The zero-order valence-corrected chi connectivity index (χ0v) is 12.7. The summed E-state index contributed by atoms with van der Waals surface area (Å²) >= 11 is 2.59. The van der Waals surface area contributed by atoms with Crippen molar-refractivity contribution in [2.45, 2.75) is 75.8 Å². The van der Waals surface area contributed by atoms with E-state index in [-0.39, 0.29) is 0 Å². The minimum absolute atomic E-state index is 0.292. The fraction of sp³-hybridized carbons (Fsp3) is 1.00. The SMILES string of the molecule is CCC(C)(I)CC(C)(CC)NC(C)C. The number of hydrogen-bond acceptors (Lipinski definition) is 1. The van der Waals surface area contributed by atoms with Gasteiger partial charge < -0.3 is 5.32 Å². The molecule has 2 atom stereocenters. The van der Waals surface area contributed by atoms with Crippen LogP contribution in [0.2, 0.25) is 0 Å². The van der Waals surface area contributed by atoms with Crippen LogP contribution in [0.25, 0.3) is 0 Å². The highest BCUT2D eigenvalue weighted by atomic mass is 127. The molecule has 1 N–H and O–H groups in total. The molecule has 2 unspecified atom stereocenters. The second-order valence-corrected chi connectivity index (χ2v) is 7.76. The van der Waals surface area contributed by atoms with E-state index in [2.05, 4.69) is 69.5 Å². The Morgan fingerprint density at radius 1 is 1.14 bits per heavy atom. The largest absolute Gasteiger partial charge is 0.309 e. The minimum Gasteiger partial charge on any atom is -0.309 e. The summed E-state index contributed by atoms with van der Waals surface area (Å²) in [5.74, 6) is 0. The van der Waals surface area contributed by atoms with Gasteiger partial charge in [0.2, 0.25) is 0 Å². The van der Waals surface area contributed by atoms with Crippen LogP contribution in [0, 0.1) is 0 Å². The molecule has 0 fully saturated rings. The Morgan fingerprint density at radius 2 is 1.64 bits per heavy atom. The maximum atomic E-state index is 3.69. The number of halogens is 1. The van der Waals surface area contributed by atoms with Crippen molar-refractivity contribution >= 4 is 22.6 Å². The number of alkyl halides is 1. The normalized spacial score (nSPS) is 20.6. The molecule has 0 aliphatic rings. The van der Waals surface area contributed by atoms with Crippen LogP contribution in [0.5, 0.6) is 0 Å². The summed E-state index contributed by atoms with van der Waals surface area (Å²) in [7, 11) is 0. The van der Waals surface area contributed by atoms with Gasteiger partial charge in [-0.3, -0.25) is 0 Å². The van der Waals surface area contributed by atoms with Crippen molar-refractivity contribution in [3.05, 3.63) is 0 Å². The summed E-state index contributed by atoms with van der Waals surface area (Å²) in [6, 6.07) is 0.573. The Labute approximate surface area is 104 Å². The van der Waals surface area contributed by atoms with Crippen molar-refractivity contribution in [2.75, 3.05) is 0 Å². The third kappa shape index (κ3) is 5.54. The topological polar surface area (TPSA) is 12.0 Å². The van der Waals surface area contributed by atoms with Gasteiger partial charge in [0.05, 0.1) is 0 Å². The lowest BCUT2D eigenvalue weighted by molar-refractivity contribution is 0.271. The van der Waals surface area contributed by atoms with Gasteiger partial charge in [-0.2, -0.15) is 0 Å². The first-order valence-electron chi connectivity index (χ1n) is 5.71. The molecule has 0 aliphatic heterocycles. The van der Waals surface area contributed by atoms with Gasteiger partial charge in [-0.05, 0) is 26.2 Å². The minimum atomic E-state index is 0.292. The molecule has 86 valence electrons. The van der Waals surface area contributed by atoms with Crippen LogP contribution in [0.4, 0.5) is 0 Å². The van der Waals surface area contributed by atoms with Gasteiger partial charge in [0.1, 0.15) is 0 Å². The van der Waals surface area contributed by atoms with Crippen molar-refractivity contribution in [1.82, 2.24) is 5.32 Å². The van der Waals surface area contributed by atoms with E-state index in [0.29, 0.717) is 15.0 Å². The monoisotopic (exact) mass is 311 g/mol. The van der Waals surface area contributed by atoms with Crippen LogP contribution in [0.3, 0.4) is 0 Å². The van der Waals surface area contributed by atoms with Crippen LogP contribution in [-0.4, -0.2) is 15.0 Å². The Balaban J connectivity index is 4.39. The highest BCUT2D eigenvalue weighted by Gasteiger charge is 2.31. The van der Waals surface area contributed by atoms with Gasteiger partial charge in [0.15, 0.2) is 0 Å². The molecule has 0 rings (SSSR count). The molecule has 0 heterocycles. The van der Waals surface area contributed by atoms with Crippen molar-refractivity contribution in [3.8, 4) is 0 Å². The van der Waals surface area contributed by atoms with E-state index in [1.807, 2.05) is 0 Å². The van der Waals surface area contributed by atoms with Crippen LogP contribution in [0.1, 0.15) is 60.8 Å². The maximum Gasteiger partial charge on any atom is 0.0209 e. The maximum absolute atomic E-state index is 3.69. The van der Waals surface area contributed by atoms with Crippen molar-refractivity contribution < 1.29 is 0 Å². The van der Waals surface area contributed by atoms with Crippen LogP contribution in [0.15, 0.2) is 0 Å². The van der Waals surface area contributed by atoms with E-state index in [4.69, 9.17) is 0 Å². The average Bonchev–Trinajstić information content (AvgIpc) is 2.02. The predicted octanol–water partition coefficient (Wildman–Crippen LogP) is 4.15. The smallest absolute Gasteiger partial charge is 0.0209 e. The first kappa shape index (κ1) is 14.7. The molecule has 0 amide bonds. The van der Waals surface area contributed by atoms with E-state index >= 15 is 0 Å². The Kier molecular flexibility index (Phi) is 5.97. The molecule has 0 spiro atoms. The molecule has 0 aromatic heterocycles. The van der Waals surface area contributed by atoms with E-state index in [1.165, 1.54) is 19.3 Å². The van der Waals surface area contributed by atoms with E-state index < -0.39 is 0 Å². The summed E-state index contributed by atoms with van der Waals surface area (Å²) in [6.07, 6.45) is 3.68. The summed E-state index contributed by atoms with van der Waals surface area (Å²) in [5.41, 5.74) is 0.292. The Morgan fingerprint density at radius 3 is 1.93 bits per heavy atom.